The molecule has 0 spiro atoms. The minimum Gasteiger partial charge on any atom is -0.484 e. The van der Waals surface area contributed by atoms with E-state index in [1.807, 2.05) is 37.3 Å². The Bertz CT molecular complexity index is 712. The standard InChI is InChI=1S/C19H20N2O4/c1-2-12-24-19(23)16-8-10-17(11-9-16)25-14-18(22)21-20-13-15-6-4-3-5-7-15/h3-11,13H,2,12,14H2,1H3,(H,21,22). The van der Waals surface area contributed by atoms with Gasteiger partial charge in [0.1, 0.15) is 5.75 Å². The van der Waals surface area contributed by atoms with Crippen LogP contribution in [0.4, 0.5) is 0 Å². The van der Waals surface area contributed by atoms with Crippen molar-refractivity contribution >= 4 is 18.1 Å². The summed E-state index contributed by atoms with van der Waals surface area (Å²) in [5.74, 6) is -0.269. The predicted molar refractivity (Wildman–Crippen MR) is 94.7 cm³/mol. The maximum Gasteiger partial charge on any atom is 0.338 e. The van der Waals surface area contributed by atoms with E-state index in [0.29, 0.717) is 17.9 Å². The normalized spacial score (nSPS) is 10.4. The summed E-state index contributed by atoms with van der Waals surface area (Å²) < 4.78 is 10.4. The van der Waals surface area contributed by atoms with Crippen LogP contribution < -0.4 is 10.2 Å². The van der Waals surface area contributed by atoms with Crippen LogP contribution in [-0.2, 0) is 9.53 Å². The summed E-state index contributed by atoms with van der Waals surface area (Å²) in [5.41, 5.74) is 3.71. The molecule has 2 aromatic carbocycles. The van der Waals surface area contributed by atoms with Gasteiger partial charge in [0.05, 0.1) is 18.4 Å². The molecule has 0 radical (unpaired) electrons. The molecule has 0 aromatic heterocycles. The highest BCUT2D eigenvalue weighted by atomic mass is 16.5. The van der Waals surface area contributed by atoms with E-state index in [2.05, 4.69) is 10.5 Å². The molecule has 0 unspecified atom stereocenters. The van der Waals surface area contributed by atoms with E-state index in [1.165, 1.54) is 0 Å². The van der Waals surface area contributed by atoms with Crippen molar-refractivity contribution in [2.75, 3.05) is 13.2 Å². The first-order valence-electron chi connectivity index (χ1n) is 7.96. The van der Waals surface area contributed by atoms with Gasteiger partial charge in [-0.15, -0.1) is 0 Å². The van der Waals surface area contributed by atoms with Gasteiger partial charge in [0.15, 0.2) is 6.61 Å². The van der Waals surface area contributed by atoms with Gasteiger partial charge in [0.25, 0.3) is 5.91 Å². The Morgan fingerprint density at radius 3 is 2.48 bits per heavy atom. The van der Waals surface area contributed by atoms with Gasteiger partial charge in [-0.2, -0.15) is 5.10 Å². The molecule has 0 saturated carbocycles. The zero-order valence-corrected chi connectivity index (χ0v) is 14.0. The molecule has 0 fully saturated rings. The number of hydrogen-bond donors (Lipinski definition) is 1. The summed E-state index contributed by atoms with van der Waals surface area (Å²) in [7, 11) is 0. The van der Waals surface area contributed by atoms with Crippen molar-refractivity contribution in [3.05, 3.63) is 65.7 Å². The van der Waals surface area contributed by atoms with E-state index in [-0.39, 0.29) is 18.5 Å². The Kier molecular flexibility index (Phi) is 7.18. The van der Waals surface area contributed by atoms with Crippen molar-refractivity contribution < 1.29 is 19.1 Å². The molecule has 1 N–H and O–H groups in total. The largest absolute Gasteiger partial charge is 0.484 e. The van der Waals surface area contributed by atoms with Crippen LogP contribution in [0.5, 0.6) is 5.75 Å². The SMILES string of the molecule is CCCOC(=O)c1ccc(OCC(=O)NN=Cc2ccccc2)cc1. The first-order chi connectivity index (χ1) is 12.2. The van der Waals surface area contributed by atoms with Gasteiger partial charge in [0.2, 0.25) is 0 Å². The molecule has 0 heterocycles. The average molecular weight is 340 g/mol. The number of benzene rings is 2. The molecule has 2 rings (SSSR count). The lowest BCUT2D eigenvalue weighted by atomic mass is 10.2. The van der Waals surface area contributed by atoms with Gasteiger partial charge in [-0.25, -0.2) is 10.2 Å². The van der Waals surface area contributed by atoms with E-state index in [0.717, 1.165) is 12.0 Å². The maximum atomic E-state index is 11.7. The molecule has 0 atom stereocenters. The van der Waals surface area contributed by atoms with Crippen LogP contribution in [0.2, 0.25) is 0 Å². The second-order valence-electron chi connectivity index (χ2n) is 5.15. The summed E-state index contributed by atoms with van der Waals surface area (Å²) >= 11 is 0. The number of esters is 1. The average Bonchev–Trinajstić information content (AvgIpc) is 2.65. The monoisotopic (exact) mass is 340 g/mol. The number of hydrogen-bond acceptors (Lipinski definition) is 5. The quantitative estimate of drug-likeness (QED) is 0.455. The Labute approximate surface area is 146 Å². The lowest BCUT2D eigenvalue weighted by Gasteiger charge is -2.06. The van der Waals surface area contributed by atoms with Crippen LogP contribution in [0.1, 0.15) is 29.3 Å². The lowest BCUT2D eigenvalue weighted by molar-refractivity contribution is -0.123. The number of amides is 1. The van der Waals surface area contributed by atoms with Crippen molar-refractivity contribution in [3.8, 4) is 5.75 Å². The van der Waals surface area contributed by atoms with E-state index in [4.69, 9.17) is 9.47 Å². The topological polar surface area (TPSA) is 77.0 Å². The third-order valence-corrected chi connectivity index (χ3v) is 3.10. The summed E-state index contributed by atoms with van der Waals surface area (Å²) in [6.45, 7) is 2.14. The Balaban J connectivity index is 1.76. The summed E-state index contributed by atoms with van der Waals surface area (Å²) in [5, 5.41) is 3.85. The lowest BCUT2D eigenvalue weighted by Crippen LogP contribution is -2.24. The van der Waals surface area contributed by atoms with Gasteiger partial charge in [-0.05, 0) is 36.2 Å². The number of nitrogens with zero attached hydrogens (tertiary/aromatic N) is 1. The first-order valence-corrected chi connectivity index (χ1v) is 7.96. The van der Waals surface area contributed by atoms with Crippen LogP contribution in [0.3, 0.4) is 0 Å². The van der Waals surface area contributed by atoms with Gasteiger partial charge in [-0.3, -0.25) is 4.79 Å². The number of carbonyl (C=O) groups excluding carboxylic acids is 2. The molecule has 130 valence electrons. The minimum absolute atomic E-state index is 0.175. The minimum atomic E-state index is -0.376. The van der Waals surface area contributed by atoms with Gasteiger partial charge in [-0.1, -0.05) is 37.3 Å². The summed E-state index contributed by atoms with van der Waals surface area (Å²) in [6.07, 6.45) is 2.32. The Hall–Kier alpha value is -3.15. The highest BCUT2D eigenvalue weighted by Gasteiger charge is 2.07. The van der Waals surface area contributed by atoms with Gasteiger partial charge >= 0.3 is 5.97 Å². The van der Waals surface area contributed by atoms with Crippen LogP contribution in [-0.4, -0.2) is 31.3 Å². The van der Waals surface area contributed by atoms with Crippen LogP contribution in [0, 0.1) is 0 Å². The molecule has 0 aliphatic rings. The fraction of sp³-hybridized carbons (Fsp3) is 0.211. The van der Waals surface area contributed by atoms with Crippen molar-refractivity contribution in [2.45, 2.75) is 13.3 Å². The van der Waals surface area contributed by atoms with Crippen molar-refractivity contribution in [1.82, 2.24) is 5.43 Å². The Morgan fingerprint density at radius 1 is 1.08 bits per heavy atom. The number of rotatable bonds is 8. The van der Waals surface area contributed by atoms with Gasteiger partial charge < -0.3 is 9.47 Å². The fourth-order valence-electron chi connectivity index (χ4n) is 1.86. The van der Waals surface area contributed by atoms with E-state index < -0.39 is 0 Å². The summed E-state index contributed by atoms with van der Waals surface area (Å²) in [4.78, 5) is 23.3. The highest BCUT2D eigenvalue weighted by Crippen LogP contribution is 2.13. The molecule has 6 nitrogen and oxygen atoms in total. The number of hydrazone groups is 1. The molecule has 0 saturated heterocycles. The van der Waals surface area contributed by atoms with Gasteiger partial charge in [0, 0.05) is 0 Å². The second kappa shape index (κ2) is 9.87. The molecule has 0 bridgehead atoms. The highest BCUT2D eigenvalue weighted by molar-refractivity contribution is 5.89. The molecular weight excluding hydrogens is 320 g/mol. The number of nitrogens with one attached hydrogen (secondary N) is 1. The number of carbonyl (C=O) groups is 2. The molecule has 6 heteroatoms. The van der Waals surface area contributed by atoms with Crippen LogP contribution in [0.25, 0.3) is 0 Å². The zero-order valence-electron chi connectivity index (χ0n) is 14.0. The summed E-state index contributed by atoms with van der Waals surface area (Å²) in [6, 6.07) is 15.8. The smallest absolute Gasteiger partial charge is 0.338 e. The fourth-order valence-corrected chi connectivity index (χ4v) is 1.86. The van der Waals surface area contributed by atoms with Crippen LogP contribution >= 0.6 is 0 Å². The van der Waals surface area contributed by atoms with Crippen molar-refractivity contribution in [1.29, 1.82) is 0 Å². The molecule has 0 aliphatic heterocycles. The third kappa shape index (κ3) is 6.47. The third-order valence-electron chi connectivity index (χ3n) is 3.10. The molecule has 0 aliphatic carbocycles. The van der Waals surface area contributed by atoms with E-state index in [1.54, 1.807) is 30.5 Å². The molecule has 2 aromatic rings. The second-order valence-corrected chi connectivity index (χ2v) is 5.15. The zero-order chi connectivity index (χ0) is 17.9. The molecule has 25 heavy (non-hydrogen) atoms. The first kappa shape index (κ1) is 18.2. The number of ether oxygens (including phenoxy) is 2. The van der Waals surface area contributed by atoms with E-state index >= 15 is 0 Å². The van der Waals surface area contributed by atoms with Crippen molar-refractivity contribution in [3.63, 3.8) is 0 Å². The Morgan fingerprint density at radius 2 is 1.80 bits per heavy atom. The van der Waals surface area contributed by atoms with E-state index in [9.17, 15) is 9.59 Å². The van der Waals surface area contributed by atoms with Crippen LogP contribution in [0.15, 0.2) is 59.7 Å². The predicted octanol–water partition coefficient (Wildman–Crippen LogP) is 2.78. The molecular formula is C19H20N2O4. The van der Waals surface area contributed by atoms with Crippen molar-refractivity contribution in [2.24, 2.45) is 5.10 Å². The molecule has 1 amide bonds. The maximum absolute atomic E-state index is 11.7.